The molecule has 1 amide bonds. The maximum Gasteiger partial charge on any atom is 0.244 e. The van der Waals surface area contributed by atoms with Crippen LogP contribution in [0.5, 0.6) is 0 Å². The van der Waals surface area contributed by atoms with Gasteiger partial charge in [-0.2, -0.15) is 0 Å². The highest BCUT2D eigenvalue weighted by atomic mass is 16.5. The summed E-state index contributed by atoms with van der Waals surface area (Å²) >= 11 is 0. The SMILES string of the molecule is Cc1cccc(/C=C/C(=O)NC(C[NH+]2CCOCC2)c2ccccc2)c1. The Bertz CT molecular complexity index is 737. The number of morpholine rings is 1. The first-order valence-corrected chi connectivity index (χ1v) is 9.22. The van der Waals surface area contributed by atoms with Gasteiger partial charge in [0.2, 0.25) is 5.91 Å². The molecule has 2 aromatic carbocycles. The van der Waals surface area contributed by atoms with Crippen LogP contribution in [-0.4, -0.2) is 38.8 Å². The molecule has 136 valence electrons. The first-order valence-electron chi connectivity index (χ1n) is 9.22. The van der Waals surface area contributed by atoms with E-state index in [4.69, 9.17) is 4.74 Å². The third-order valence-corrected chi connectivity index (χ3v) is 4.68. The fourth-order valence-corrected chi connectivity index (χ4v) is 3.26. The summed E-state index contributed by atoms with van der Waals surface area (Å²) in [5.74, 6) is -0.0620. The Morgan fingerprint density at radius 1 is 1.15 bits per heavy atom. The lowest BCUT2D eigenvalue weighted by Crippen LogP contribution is -3.14. The molecule has 1 aliphatic rings. The molecule has 0 saturated carbocycles. The average Bonchev–Trinajstić information content (AvgIpc) is 2.67. The summed E-state index contributed by atoms with van der Waals surface area (Å²) in [4.78, 5) is 14.0. The number of hydrogen-bond donors (Lipinski definition) is 2. The van der Waals surface area contributed by atoms with Crippen LogP contribution >= 0.6 is 0 Å². The monoisotopic (exact) mass is 351 g/mol. The standard InChI is InChI=1S/C22H26N2O2/c1-18-6-5-7-19(16-18)10-11-22(25)23-21(20-8-3-2-4-9-20)17-24-12-14-26-15-13-24/h2-11,16,21H,12-15,17H2,1H3,(H,23,25)/p+1/b11-10+. The lowest BCUT2D eigenvalue weighted by atomic mass is 10.1. The third-order valence-electron chi connectivity index (χ3n) is 4.68. The van der Waals surface area contributed by atoms with Crippen LogP contribution in [0.3, 0.4) is 0 Å². The van der Waals surface area contributed by atoms with Gasteiger partial charge >= 0.3 is 0 Å². The molecule has 4 nitrogen and oxygen atoms in total. The quantitative estimate of drug-likeness (QED) is 0.779. The van der Waals surface area contributed by atoms with E-state index in [1.54, 1.807) is 6.08 Å². The number of quaternary nitrogens is 1. The van der Waals surface area contributed by atoms with E-state index in [2.05, 4.69) is 23.5 Å². The number of aryl methyl sites for hydroxylation is 1. The number of carbonyl (C=O) groups excluding carboxylic acids is 1. The molecular formula is C22H27N2O2+. The smallest absolute Gasteiger partial charge is 0.244 e. The van der Waals surface area contributed by atoms with E-state index in [1.807, 2.05) is 49.4 Å². The van der Waals surface area contributed by atoms with Gasteiger partial charge in [0.15, 0.2) is 0 Å². The predicted molar refractivity (Wildman–Crippen MR) is 104 cm³/mol. The maximum atomic E-state index is 12.5. The minimum absolute atomic E-state index is 0.000963. The number of benzene rings is 2. The number of amides is 1. The average molecular weight is 351 g/mol. The summed E-state index contributed by atoms with van der Waals surface area (Å²) in [7, 11) is 0. The van der Waals surface area contributed by atoms with Gasteiger partial charge in [-0.05, 0) is 24.1 Å². The summed E-state index contributed by atoms with van der Waals surface area (Å²) in [6.07, 6.45) is 3.49. The van der Waals surface area contributed by atoms with Gasteiger partial charge in [-0.3, -0.25) is 4.79 Å². The number of ether oxygens (including phenoxy) is 1. The molecule has 1 aliphatic heterocycles. The number of rotatable bonds is 6. The van der Waals surface area contributed by atoms with Crippen molar-refractivity contribution in [2.24, 2.45) is 0 Å². The Morgan fingerprint density at radius 3 is 2.65 bits per heavy atom. The van der Waals surface area contributed by atoms with Crippen molar-refractivity contribution in [3.63, 3.8) is 0 Å². The molecule has 26 heavy (non-hydrogen) atoms. The lowest BCUT2D eigenvalue weighted by molar-refractivity contribution is -0.909. The number of nitrogens with one attached hydrogen (secondary N) is 2. The van der Waals surface area contributed by atoms with Crippen molar-refractivity contribution >= 4 is 12.0 Å². The van der Waals surface area contributed by atoms with Crippen LogP contribution in [0.4, 0.5) is 0 Å². The van der Waals surface area contributed by atoms with Crippen molar-refractivity contribution < 1.29 is 14.4 Å². The zero-order valence-electron chi connectivity index (χ0n) is 15.3. The zero-order valence-corrected chi connectivity index (χ0v) is 15.3. The molecule has 0 bridgehead atoms. The van der Waals surface area contributed by atoms with Crippen molar-refractivity contribution in [1.82, 2.24) is 5.32 Å². The lowest BCUT2D eigenvalue weighted by Gasteiger charge is -2.28. The summed E-state index contributed by atoms with van der Waals surface area (Å²) in [6, 6.07) is 18.3. The van der Waals surface area contributed by atoms with E-state index >= 15 is 0 Å². The fraction of sp³-hybridized carbons (Fsp3) is 0.318. The molecule has 4 heteroatoms. The first-order chi connectivity index (χ1) is 12.7. The Hall–Kier alpha value is -2.43. The van der Waals surface area contributed by atoms with Gasteiger partial charge in [0.05, 0.1) is 13.2 Å². The van der Waals surface area contributed by atoms with Gasteiger partial charge in [-0.15, -0.1) is 0 Å². The van der Waals surface area contributed by atoms with Crippen molar-refractivity contribution in [2.75, 3.05) is 32.8 Å². The van der Waals surface area contributed by atoms with Gasteiger partial charge < -0.3 is 15.0 Å². The largest absolute Gasteiger partial charge is 0.370 e. The highest BCUT2D eigenvalue weighted by Gasteiger charge is 2.22. The van der Waals surface area contributed by atoms with E-state index in [9.17, 15) is 4.79 Å². The summed E-state index contributed by atoms with van der Waals surface area (Å²) in [6.45, 7) is 6.47. The zero-order chi connectivity index (χ0) is 18.2. The molecule has 3 rings (SSSR count). The molecular weight excluding hydrogens is 324 g/mol. The molecule has 2 aromatic rings. The van der Waals surface area contributed by atoms with Gasteiger partial charge in [-0.1, -0.05) is 60.2 Å². The Kier molecular flexibility index (Phi) is 6.58. The molecule has 1 heterocycles. The van der Waals surface area contributed by atoms with Crippen molar-refractivity contribution in [2.45, 2.75) is 13.0 Å². The Balaban J connectivity index is 1.67. The second-order valence-corrected chi connectivity index (χ2v) is 6.79. The molecule has 0 aliphatic carbocycles. The van der Waals surface area contributed by atoms with Crippen molar-refractivity contribution in [3.8, 4) is 0 Å². The molecule has 0 aromatic heterocycles. The summed E-state index contributed by atoms with van der Waals surface area (Å²) in [5, 5.41) is 3.18. The number of hydrogen-bond acceptors (Lipinski definition) is 2. The van der Waals surface area contributed by atoms with Crippen LogP contribution in [0.15, 0.2) is 60.7 Å². The van der Waals surface area contributed by atoms with Gasteiger partial charge in [0.25, 0.3) is 0 Å². The second-order valence-electron chi connectivity index (χ2n) is 6.79. The Morgan fingerprint density at radius 2 is 1.92 bits per heavy atom. The highest BCUT2D eigenvalue weighted by Crippen LogP contribution is 2.11. The van der Waals surface area contributed by atoms with Gasteiger partial charge in [0.1, 0.15) is 25.7 Å². The van der Waals surface area contributed by atoms with Gasteiger partial charge in [-0.25, -0.2) is 0 Å². The van der Waals surface area contributed by atoms with Crippen LogP contribution in [-0.2, 0) is 9.53 Å². The van der Waals surface area contributed by atoms with Crippen LogP contribution in [0.2, 0.25) is 0 Å². The predicted octanol–water partition coefficient (Wildman–Crippen LogP) is 1.78. The van der Waals surface area contributed by atoms with E-state index in [0.717, 1.165) is 44.0 Å². The fourth-order valence-electron chi connectivity index (χ4n) is 3.26. The molecule has 1 fully saturated rings. The van der Waals surface area contributed by atoms with Crippen LogP contribution < -0.4 is 10.2 Å². The highest BCUT2D eigenvalue weighted by molar-refractivity contribution is 5.92. The van der Waals surface area contributed by atoms with Crippen molar-refractivity contribution in [3.05, 3.63) is 77.4 Å². The first kappa shape index (κ1) is 18.4. The normalized spacial score (nSPS) is 16.5. The molecule has 1 unspecified atom stereocenters. The van der Waals surface area contributed by atoms with E-state index in [1.165, 1.54) is 10.5 Å². The summed E-state index contributed by atoms with van der Waals surface area (Å²) in [5.41, 5.74) is 3.37. The van der Waals surface area contributed by atoms with E-state index in [0.29, 0.717) is 0 Å². The summed E-state index contributed by atoms with van der Waals surface area (Å²) < 4.78 is 5.45. The van der Waals surface area contributed by atoms with Crippen LogP contribution in [0, 0.1) is 6.92 Å². The molecule has 0 radical (unpaired) electrons. The minimum Gasteiger partial charge on any atom is -0.370 e. The van der Waals surface area contributed by atoms with Gasteiger partial charge in [0, 0.05) is 6.08 Å². The van der Waals surface area contributed by atoms with Crippen LogP contribution in [0.25, 0.3) is 6.08 Å². The van der Waals surface area contributed by atoms with E-state index < -0.39 is 0 Å². The molecule has 1 saturated heterocycles. The minimum atomic E-state index is -0.0620. The van der Waals surface area contributed by atoms with Crippen LogP contribution in [0.1, 0.15) is 22.7 Å². The third kappa shape index (κ3) is 5.55. The molecule has 0 spiro atoms. The topological polar surface area (TPSA) is 42.8 Å². The Labute approximate surface area is 155 Å². The van der Waals surface area contributed by atoms with Crippen molar-refractivity contribution in [1.29, 1.82) is 0 Å². The maximum absolute atomic E-state index is 12.5. The number of carbonyl (C=O) groups is 1. The van der Waals surface area contributed by atoms with E-state index in [-0.39, 0.29) is 11.9 Å². The molecule has 1 atom stereocenters. The second kappa shape index (κ2) is 9.32. The molecule has 2 N–H and O–H groups in total.